The van der Waals surface area contributed by atoms with Crippen LogP contribution in [0.1, 0.15) is 0 Å². The molecule has 0 radical (unpaired) electrons. The lowest BCUT2D eigenvalue weighted by Gasteiger charge is -2.44. The minimum Gasteiger partial charge on any atom is -0.426 e. The molecule has 0 N–H and O–H groups in total. The molecule has 0 saturated carbocycles. The summed E-state index contributed by atoms with van der Waals surface area (Å²) in [5.74, 6) is 0. The molecule has 4 aromatic rings. The molecule has 0 aliphatic carbocycles. The average molecular weight is 607 g/mol. The Morgan fingerprint density at radius 2 is 0.707 bits per heavy atom. The summed E-state index contributed by atoms with van der Waals surface area (Å²) >= 11 is 0. The normalized spacial score (nSPS) is 12.3. The fourth-order valence-corrected chi connectivity index (χ4v) is 22.5. The van der Waals surface area contributed by atoms with Gasteiger partial charge in [0.05, 0.1) is 0 Å². The van der Waals surface area contributed by atoms with E-state index < -0.39 is 33.8 Å². The second-order valence-corrected chi connectivity index (χ2v) is 23.8. The highest BCUT2D eigenvalue weighted by Gasteiger charge is 2.54. The van der Waals surface area contributed by atoms with E-state index in [-0.39, 0.29) is 0 Å². The van der Waals surface area contributed by atoms with Crippen LogP contribution in [0, 0.1) is 0 Å². The Hall–Kier alpha value is -3.41. The minimum absolute atomic E-state index is 0.996. The van der Waals surface area contributed by atoms with Crippen LogP contribution >= 0.6 is 0 Å². The standard InChI is InChI=1S/C34H38O3Si4/c1-7-39(8-2,31-23-15-11-16-24-31)35-38(5,6)36-41(33-27-19-13-20-28-33,34-29-21-14-22-30-34)37-40(9-3,10-4)32-25-17-12-18-26-32/h7-30H,1-4H2,5-6H3. The minimum atomic E-state index is -3.46. The van der Waals surface area contributed by atoms with Crippen LogP contribution in [0.5, 0.6) is 0 Å². The van der Waals surface area contributed by atoms with Crippen LogP contribution in [0.2, 0.25) is 13.1 Å². The Labute approximate surface area is 249 Å². The van der Waals surface area contributed by atoms with E-state index in [0.29, 0.717) is 0 Å². The molecule has 0 bridgehead atoms. The molecule has 0 aromatic heterocycles. The Bertz CT molecular complexity index is 1400. The molecular weight excluding hydrogens is 569 g/mol. The van der Waals surface area contributed by atoms with E-state index in [0.717, 1.165) is 20.7 Å². The molecule has 4 rings (SSSR count). The van der Waals surface area contributed by atoms with Crippen LogP contribution in [0.4, 0.5) is 0 Å². The van der Waals surface area contributed by atoms with Gasteiger partial charge in [-0.15, -0.1) is 26.3 Å². The van der Waals surface area contributed by atoms with E-state index in [1.807, 2.05) is 95.6 Å². The fourth-order valence-electron chi connectivity index (χ4n) is 5.07. The first-order valence-corrected chi connectivity index (χ1v) is 22.4. The maximum absolute atomic E-state index is 7.54. The molecular formula is C34H38O3Si4. The lowest BCUT2D eigenvalue weighted by molar-refractivity contribution is 0.349. The van der Waals surface area contributed by atoms with Gasteiger partial charge in [-0.2, -0.15) is 0 Å². The zero-order chi connectivity index (χ0) is 29.4. The van der Waals surface area contributed by atoms with Gasteiger partial charge in [-0.25, -0.2) is 0 Å². The fraction of sp³-hybridized carbons (Fsp3) is 0.0588. The van der Waals surface area contributed by atoms with Crippen LogP contribution in [0.3, 0.4) is 0 Å². The van der Waals surface area contributed by atoms with Crippen molar-refractivity contribution in [1.29, 1.82) is 0 Å². The third kappa shape index (κ3) is 6.42. The highest BCUT2D eigenvalue weighted by Crippen LogP contribution is 2.26. The second-order valence-electron chi connectivity index (χ2n) is 10.2. The number of benzene rings is 4. The number of hydrogen-bond donors (Lipinski definition) is 0. The van der Waals surface area contributed by atoms with Crippen molar-refractivity contribution in [3.63, 3.8) is 0 Å². The molecule has 0 spiro atoms. The van der Waals surface area contributed by atoms with Crippen molar-refractivity contribution in [2.75, 3.05) is 0 Å². The van der Waals surface area contributed by atoms with Gasteiger partial charge in [0.2, 0.25) is 0 Å². The van der Waals surface area contributed by atoms with Crippen molar-refractivity contribution in [1.82, 2.24) is 0 Å². The van der Waals surface area contributed by atoms with Crippen LogP contribution < -0.4 is 20.7 Å². The molecule has 3 nitrogen and oxygen atoms in total. The molecule has 208 valence electrons. The second kappa shape index (κ2) is 13.1. The highest BCUT2D eigenvalue weighted by atomic mass is 28.5. The average Bonchev–Trinajstić information content (AvgIpc) is 3.03. The summed E-state index contributed by atoms with van der Waals surface area (Å²) in [5, 5.41) is 4.13. The van der Waals surface area contributed by atoms with Gasteiger partial charge in [-0.05, 0) is 33.8 Å². The van der Waals surface area contributed by atoms with Gasteiger partial charge in [0.1, 0.15) is 0 Å². The highest BCUT2D eigenvalue weighted by molar-refractivity contribution is 7.08. The SMILES string of the molecule is C=C[Si](C=C)(O[Si](C)(C)O[Si](O[Si](C=C)(C=C)c1ccccc1)(c1ccccc1)c1ccccc1)c1ccccc1. The molecule has 0 saturated heterocycles. The summed E-state index contributed by atoms with van der Waals surface area (Å²) < 4.78 is 22.1. The van der Waals surface area contributed by atoms with E-state index in [4.69, 9.17) is 12.3 Å². The summed E-state index contributed by atoms with van der Waals surface area (Å²) in [6.45, 7) is 21.1. The lowest BCUT2D eigenvalue weighted by Crippen LogP contribution is -2.73. The first-order valence-electron chi connectivity index (χ1n) is 13.7. The molecule has 0 fully saturated rings. The quantitative estimate of drug-likeness (QED) is 0.175. The Kier molecular flexibility index (Phi) is 9.72. The maximum Gasteiger partial charge on any atom is 0.388 e. The summed E-state index contributed by atoms with van der Waals surface area (Å²) in [7, 11) is -12.2. The van der Waals surface area contributed by atoms with Crippen LogP contribution in [0.25, 0.3) is 0 Å². The smallest absolute Gasteiger partial charge is 0.388 e. The molecule has 0 atom stereocenters. The Morgan fingerprint density at radius 3 is 1.02 bits per heavy atom. The third-order valence-corrected chi connectivity index (χ3v) is 23.1. The summed E-state index contributed by atoms with van der Waals surface area (Å²) in [5.41, 5.74) is 7.74. The van der Waals surface area contributed by atoms with Gasteiger partial charge in [0, 0.05) is 0 Å². The lowest BCUT2D eigenvalue weighted by atomic mass is 10.4. The molecule has 41 heavy (non-hydrogen) atoms. The third-order valence-electron chi connectivity index (χ3n) is 7.09. The zero-order valence-electron chi connectivity index (χ0n) is 23.9. The van der Waals surface area contributed by atoms with Gasteiger partial charge >= 0.3 is 17.1 Å². The number of rotatable bonds is 14. The summed E-state index contributed by atoms with van der Waals surface area (Å²) in [6.07, 6.45) is 0. The Balaban J connectivity index is 1.93. The van der Waals surface area contributed by atoms with Crippen LogP contribution in [0.15, 0.2) is 170 Å². The molecule has 0 amide bonds. The van der Waals surface area contributed by atoms with E-state index >= 15 is 0 Å². The molecule has 0 aliphatic heterocycles. The van der Waals surface area contributed by atoms with Crippen LogP contribution in [-0.4, -0.2) is 33.8 Å². The monoisotopic (exact) mass is 606 g/mol. The van der Waals surface area contributed by atoms with Crippen molar-refractivity contribution < 1.29 is 12.3 Å². The van der Waals surface area contributed by atoms with Crippen LogP contribution in [-0.2, 0) is 12.3 Å². The van der Waals surface area contributed by atoms with Crippen molar-refractivity contribution in [2.24, 2.45) is 0 Å². The van der Waals surface area contributed by atoms with Crippen molar-refractivity contribution >= 4 is 54.5 Å². The van der Waals surface area contributed by atoms with Gasteiger partial charge in [0.15, 0.2) is 0 Å². The van der Waals surface area contributed by atoms with E-state index in [1.54, 1.807) is 0 Å². The van der Waals surface area contributed by atoms with E-state index in [1.165, 1.54) is 0 Å². The summed E-state index contributed by atoms with van der Waals surface area (Å²) in [6, 6.07) is 41.0. The van der Waals surface area contributed by atoms with Crippen molar-refractivity contribution in [3.8, 4) is 0 Å². The number of hydrogen-bond acceptors (Lipinski definition) is 3. The molecule has 0 unspecified atom stereocenters. The topological polar surface area (TPSA) is 27.7 Å². The maximum atomic E-state index is 7.54. The molecule has 4 aromatic carbocycles. The Morgan fingerprint density at radius 1 is 0.415 bits per heavy atom. The van der Waals surface area contributed by atoms with Gasteiger partial charge in [-0.1, -0.05) is 144 Å². The van der Waals surface area contributed by atoms with Gasteiger partial charge < -0.3 is 12.3 Å². The first-order chi connectivity index (χ1) is 19.8. The van der Waals surface area contributed by atoms with Crippen molar-refractivity contribution in [3.05, 3.63) is 170 Å². The van der Waals surface area contributed by atoms with E-state index in [9.17, 15) is 0 Å². The zero-order valence-corrected chi connectivity index (χ0v) is 27.9. The predicted octanol–water partition coefficient (Wildman–Crippen LogP) is 5.60. The predicted molar refractivity (Wildman–Crippen MR) is 183 cm³/mol. The van der Waals surface area contributed by atoms with Crippen molar-refractivity contribution in [2.45, 2.75) is 13.1 Å². The molecule has 0 aliphatic rings. The van der Waals surface area contributed by atoms with Gasteiger partial charge in [0.25, 0.3) is 16.6 Å². The van der Waals surface area contributed by atoms with Gasteiger partial charge in [-0.3, -0.25) is 0 Å². The summed E-state index contributed by atoms with van der Waals surface area (Å²) in [4.78, 5) is 0. The first kappa shape index (κ1) is 30.5. The molecule has 0 heterocycles. The largest absolute Gasteiger partial charge is 0.426 e. The van der Waals surface area contributed by atoms with E-state index in [2.05, 4.69) is 87.9 Å². The molecule has 7 heteroatoms.